The molecule has 6 nitrogen and oxygen atoms in total. The van der Waals surface area contributed by atoms with Crippen LogP contribution in [0, 0.1) is 0 Å². The van der Waals surface area contributed by atoms with E-state index in [2.05, 4.69) is 26.1 Å². The lowest BCUT2D eigenvalue weighted by Gasteiger charge is -2.32. The molecule has 1 N–H and O–H groups in total. The fraction of sp³-hybridized carbons (Fsp3) is 0.350. The Balaban J connectivity index is 1.37. The van der Waals surface area contributed by atoms with Crippen molar-refractivity contribution in [2.24, 2.45) is 0 Å². The molecule has 8 heteroatoms. The van der Waals surface area contributed by atoms with Gasteiger partial charge in [-0.05, 0) is 17.7 Å². The molecule has 1 unspecified atom stereocenters. The van der Waals surface area contributed by atoms with Crippen LogP contribution in [0.15, 0.2) is 40.9 Å². The number of nitrogens with zero attached hydrogens (tertiary/aromatic N) is 1. The molecule has 1 atom stereocenters. The van der Waals surface area contributed by atoms with Gasteiger partial charge < -0.3 is 19.5 Å². The zero-order valence-corrected chi connectivity index (χ0v) is 17.5. The number of hydrogen-bond acceptors (Lipinski definition) is 5. The molecule has 0 bridgehead atoms. The number of halogens is 2. The molecule has 28 heavy (non-hydrogen) atoms. The topological polar surface area (TPSA) is 60.0 Å². The van der Waals surface area contributed by atoms with Gasteiger partial charge in [0.1, 0.15) is 13.2 Å². The Kier molecular flexibility index (Phi) is 6.06. The van der Waals surface area contributed by atoms with E-state index in [0.29, 0.717) is 55.1 Å². The molecule has 2 aliphatic rings. The van der Waals surface area contributed by atoms with Gasteiger partial charge in [0.05, 0.1) is 30.0 Å². The summed E-state index contributed by atoms with van der Waals surface area (Å²) in [7, 11) is 0. The van der Waals surface area contributed by atoms with Gasteiger partial charge in [0.25, 0.3) is 0 Å². The summed E-state index contributed by atoms with van der Waals surface area (Å²) in [6.07, 6.45) is -0.0486. The molecule has 0 saturated carbocycles. The van der Waals surface area contributed by atoms with Crippen molar-refractivity contribution in [3.05, 3.63) is 51.5 Å². The van der Waals surface area contributed by atoms with Crippen molar-refractivity contribution in [1.82, 2.24) is 4.90 Å². The van der Waals surface area contributed by atoms with Gasteiger partial charge in [0, 0.05) is 29.7 Å². The first-order chi connectivity index (χ1) is 13.6. The first kappa shape index (κ1) is 19.5. The molecule has 1 fully saturated rings. The minimum atomic E-state index is -0.130. The number of morpholine rings is 1. The summed E-state index contributed by atoms with van der Waals surface area (Å²) in [6, 6.07) is 11.4. The fourth-order valence-corrected chi connectivity index (χ4v) is 3.74. The van der Waals surface area contributed by atoms with Crippen molar-refractivity contribution in [3.8, 4) is 11.5 Å². The van der Waals surface area contributed by atoms with Crippen molar-refractivity contribution >= 4 is 39.1 Å². The van der Waals surface area contributed by atoms with Crippen molar-refractivity contribution in [2.75, 3.05) is 44.8 Å². The maximum absolute atomic E-state index is 12.6. The maximum Gasteiger partial charge on any atom is 0.238 e. The highest BCUT2D eigenvalue weighted by Gasteiger charge is 2.24. The Hall–Kier alpha value is -1.80. The van der Waals surface area contributed by atoms with Crippen molar-refractivity contribution in [3.63, 3.8) is 0 Å². The number of carbonyl (C=O) groups excluding carboxylic acids is 1. The highest BCUT2D eigenvalue weighted by Crippen LogP contribution is 2.38. The fourth-order valence-electron chi connectivity index (χ4n) is 3.28. The molecular formula is C20H20BrClN2O4. The average Bonchev–Trinajstić information content (AvgIpc) is 2.69. The first-order valence-corrected chi connectivity index (χ1v) is 10.2. The number of benzene rings is 2. The number of anilines is 1. The molecular weight excluding hydrogens is 448 g/mol. The quantitative estimate of drug-likeness (QED) is 0.739. The van der Waals surface area contributed by atoms with Gasteiger partial charge in [-0.1, -0.05) is 39.7 Å². The van der Waals surface area contributed by atoms with Crippen LogP contribution in [0.3, 0.4) is 0 Å². The summed E-state index contributed by atoms with van der Waals surface area (Å²) in [5.41, 5.74) is 1.62. The van der Waals surface area contributed by atoms with Crippen LogP contribution in [0.25, 0.3) is 0 Å². The second-order valence-corrected chi connectivity index (χ2v) is 7.99. The van der Waals surface area contributed by atoms with Gasteiger partial charge in [0.15, 0.2) is 11.5 Å². The van der Waals surface area contributed by atoms with E-state index in [1.807, 2.05) is 24.3 Å². The van der Waals surface area contributed by atoms with Crippen molar-refractivity contribution in [1.29, 1.82) is 0 Å². The molecule has 2 aromatic rings. The minimum Gasteiger partial charge on any atom is -0.486 e. The highest BCUT2D eigenvalue weighted by atomic mass is 79.9. The van der Waals surface area contributed by atoms with Crippen LogP contribution in [-0.4, -0.2) is 50.3 Å². The van der Waals surface area contributed by atoms with Gasteiger partial charge in [-0.2, -0.15) is 0 Å². The van der Waals surface area contributed by atoms with Crippen LogP contribution in [0.2, 0.25) is 5.02 Å². The van der Waals surface area contributed by atoms with E-state index in [1.165, 1.54) is 0 Å². The maximum atomic E-state index is 12.6. The number of nitrogens with one attached hydrogen (secondary N) is 1. The van der Waals surface area contributed by atoms with Gasteiger partial charge >= 0.3 is 0 Å². The monoisotopic (exact) mass is 466 g/mol. The molecule has 0 aliphatic carbocycles. The summed E-state index contributed by atoms with van der Waals surface area (Å²) in [5.74, 6) is 1.06. The number of fused-ring (bicyclic) bond motifs is 1. The second kappa shape index (κ2) is 8.69. The van der Waals surface area contributed by atoms with E-state index >= 15 is 0 Å². The number of carbonyl (C=O) groups is 1. The molecule has 0 spiro atoms. The Bertz CT molecular complexity index is 862. The standard InChI is InChI=1S/C20H20BrClN2O4/c21-14-3-1-13(2-4-14)19-11-24(5-6-26-19)12-20(25)23-16-10-18-17(9-15(16)22)27-7-8-28-18/h1-4,9-10,19H,5-8,11-12H2,(H,23,25). The summed E-state index contributed by atoms with van der Waals surface area (Å²) >= 11 is 9.72. The molecule has 0 radical (unpaired) electrons. The van der Waals surface area contributed by atoms with Crippen LogP contribution < -0.4 is 14.8 Å². The van der Waals surface area contributed by atoms with Crippen LogP contribution >= 0.6 is 27.5 Å². The normalized spacial score (nSPS) is 19.3. The Labute approximate surface area is 176 Å². The summed E-state index contributed by atoms with van der Waals surface area (Å²) < 4.78 is 18.0. The number of amides is 1. The number of ether oxygens (including phenoxy) is 3. The van der Waals surface area contributed by atoms with Gasteiger partial charge in [-0.25, -0.2) is 0 Å². The largest absolute Gasteiger partial charge is 0.486 e. The molecule has 148 valence electrons. The number of hydrogen-bond donors (Lipinski definition) is 1. The summed E-state index contributed by atoms with van der Waals surface area (Å²) in [6.45, 7) is 3.18. The van der Waals surface area contributed by atoms with Crippen LogP contribution in [0.5, 0.6) is 11.5 Å². The molecule has 2 heterocycles. The van der Waals surface area contributed by atoms with Crippen molar-refractivity contribution < 1.29 is 19.0 Å². The predicted octanol–water partition coefficient (Wildman–Crippen LogP) is 3.89. The second-order valence-electron chi connectivity index (χ2n) is 6.67. The minimum absolute atomic E-state index is 0.0486. The van der Waals surface area contributed by atoms with E-state index in [1.54, 1.807) is 12.1 Å². The van der Waals surface area contributed by atoms with Crippen LogP contribution in [0.1, 0.15) is 11.7 Å². The van der Waals surface area contributed by atoms with E-state index in [0.717, 1.165) is 10.0 Å². The SMILES string of the molecule is O=C(CN1CCOC(c2ccc(Br)cc2)C1)Nc1cc2c(cc1Cl)OCCO2. The average molecular weight is 468 g/mol. The van der Waals surface area contributed by atoms with E-state index in [4.69, 9.17) is 25.8 Å². The zero-order valence-electron chi connectivity index (χ0n) is 15.1. The summed E-state index contributed by atoms with van der Waals surface area (Å²) in [5, 5.41) is 3.30. The van der Waals surface area contributed by atoms with Gasteiger partial charge in [-0.3, -0.25) is 9.69 Å². The Morgan fingerprint density at radius 3 is 2.61 bits per heavy atom. The van der Waals surface area contributed by atoms with Gasteiger partial charge in [-0.15, -0.1) is 0 Å². The van der Waals surface area contributed by atoms with Gasteiger partial charge in [0.2, 0.25) is 5.91 Å². The van der Waals surface area contributed by atoms with E-state index < -0.39 is 0 Å². The lowest BCUT2D eigenvalue weighted by molar-refractivity contribution is -0.119. The lowest BCUT2D eigenvalue weighted by Crippen LogP contribution is -2.42. The molecule has 1 amide bonds. The van der Waals surface area contributed by atoms with E-state index in [-0.39, 0.29) is 18.6 Å². The molecule has 2 aromatic carbocycles. The molecule has 0 aromatic heterocycles. The smallest absolute Gasteiger partial charge is 0.238 e. The molecule has 1 saturated heterocycles. The van der Waals surface area contributed by atoms with Crippen molar-refractivity contribution in [2.45, 2.75) is 6.10 Å². The lowest BCUT2D eigenvalue weighted by atomic mass is 10.1. The Morgan fingerprint density at radius 1 is 1.14 bits per heavy atom. The predicted molar refractivity (Wildman–Crippen MR) is 110 cm³/mol. The highest BCUT2D eigenvalue weighted by molar-refractivity contribution is 9.10. The van der Waals surface area contributed by atoms with Crippen LogP contribution in [-0.2, 0) is 9.53 Å². The third kappa shape index (κ3) is 4.60. The molecule has 2 aliphatic heterocycles. The first-order valence-electron chi connectivity index (χ1n) is 9.07. The third-order valence-corrected chi connectivity index (χ3v) is 5.51. The van der Waals surface area contributed by atoms with E-state index in [9.17, 15) is 4.79 Å². The zero-order chi connectivity index (χ0) is 19.5. The molecule has 4 rings (SSSR count). The third-order valence-electron chi connectivity index (χ3n) is 4.67. The Morgan fingerprint density at radius 2 is 1.86 bits per heavy atom. The van der Waals surface area contributed by atoms with Crippen LogP contribution in [0.4, 0.5) is 5.69 Å². The summed E-state index contributed by atoms with van der Waals surface area (Å²) in [4.78, 5) is 14.6. The number of rotatable bonds is 4.